The van der Waals surface area contributed by atoms with Gasteiger partial charge in [0.1, 0.15) is 0 Å². The number of hydrogen-bond acceptors (Lipinski definition) is 5. The van der Waals surface area contributed by atoms with Gasteiger partial charge in [-0.25, -0.2) is 17.9 Å². The first kappa shape index (κ1) is 20.6. The Bertz CT molecular complexity index is 908. The third kappa shape index (κ3) is 5.38. The summed E-state index contributed by atoms with van der Waals surface area (Å²) >= 11 is 0. The molecular weight excluding hydrogens is 368 g/mol. The van der Waals surface area contributed by atoms with Crippen molar-refractivity contribution in [3.05, 3.63) is 59.7 Å². The Kier molecular flexibility index (Phi) is 7.09. The summed E-state index contributed by atoms with van der Waals surface area (Å²) in [5, 5.41) is 2.65. The van der Waals surface area contributed by atoms with Crippen LogP contribution in [0.4, 0.5) is 5.69 Å². The molecule has 0 aliphatic rings. The van der Waals surface area contributed by atoms with E-state index in [1.54, 1.807) is 31.2 Å². The molecule has 0 aromatic heterocycles. The summed E-state index contributed by atoms with van der Waals surface area (Å²) in [7, 11) is -3.59. The van der Waals surface area contributed by atoms with Gasteiger partial charge in [0.05, 0.1) is 22.8 Å². The van der Waals surface area contributed by atoms with Crippen LogP contribution in [0.5, 0.6) is 0 Å². The van der Waals surface area contributed by atoms with E-state index < -0.39 is 21.9 Å². The van der Waals surface area contributed by atoms with Crippen molar-refractivity contribution >= 4 is 27.6 Å². The lowest BCUT2D eigenvalue weighted by Gasteiger charge is -2.11. The van der Waals surface area contributed by atoms with E-state index in [1.165, 1.54) is 24.3 Å². The van der Waals surface area contributed by atoms with E-state index in [4.69, 9.17) is 4.74 Å². The van der Waals surface area contributed by atoms with Gasteiger partial charge in [-0.2, -0.15) is 0 Å². The average Bonchev–Trinajstić information content (AvgIpc) is 2.67. The number of para-hydroxylation sites is 1. The molecule has 0 spiro atoms. The van der Waals surface area contributed by atoms with Crippen LogP contribution < -0.4 is 10.0 Å². The van der Waals surface area contributed by atoms with Gasteiger partial charge < -0.3 is 10.1 Å². The summed E-state index contributed by atoms with van der Waals surface area (Å²) in [6.45, 7) is 4.13. The maximum Gasteiger partial charge on any atom is 0.340 e. The first-order valence-electron chi connectivity index (χ1n) is 8.56. The van der Waals surface area contributed by atoms with Crippen molar-refractivity contribution in [3.63, 3.8) is 0 Å². The van der Waals surface area contributed by atoms with Gasteiger partial charge >= 0.3 is 5.97 Å². The van der Waals surface area contributed by atoms with Gasteiger partial charge in [0, 0.05) is 12.1 Å². The van der Waals surface area contributed by atoms with E-state index in [9.17, 15) is 18.0 Å². The molecule has 2 N–H and O–H groups in total. The highest BCUT2D eigenvalue weighted by molar-refractivity contribution is 7.89. The first-order valence-corrected chi connectivity index (χ1v) is 10.0. The minimum Gasteiger partial charge on any atom is -0.462 e. The van der Waals surface area contributed by atoms with Crippen LogP contribution >= 0.6 is 0 Å². The van der Waals surface area contributed by atoms with E-state index in [0.717, 1.165) is 0 Å². The second-order valence-corrected chi connectivity index (χ2v) is 7.41. The summed E-state index contributed by atoms with van der Waals surface area (Å²) < 4.78 is 31.6. The lowest BCUT2D eigenvalue weighted by atomic mass is 10.1. The molecule has 0 fully saturated rings. The monoisotopic (exact) mass is 390 g/mol. The standard InChI is InChI=1S/C19H22N2O5S/c1-3-13-20-27(24,25)15-11-9-14(10-12-15)18(22)21-17-8-6-5-7-16(17)19(23)26-4-2/h5-12,20H,3-4,13H2,1-2H3,(H,21,22). The summed E-state index contributed by atoms with van der Waals surface area (Å²) in [5.74, 6) is -0.992. The Labute approximate surface area is 158 Å². The number of rotatable bonds is 8. The smallest absolute Gasteiger partial charge is 0.340 e. The van der Waals surface area contributed by atoms with Crippen LogP contribution in [0.2, 0.25) is 0 Å². The van der Waals surface area contributed by atoms with Crippen LogP contribution in [0, 0.1) is 0 Å². The fraction of sp³-hybridized carbons (Fsp3) is 0.263. The Balaban J connectivity index is 2.17. The van der Waals surface area contributed by atoms with Crippen molar-refractivity contribution in [2.75, 3.05) is 18.5 Å². The van der Waals surface area contributed by atoms with Crippen LogP contribution in [0.1, 0.15) is 41.0 Å². The molecule has 8 heteroatoms. The quantitative estimate of drug-likeness (QED) is 0.675. The Morgan fingerprint density at radius 1 is 1.00 bits per heavy atom. The maximum atomic E-state index is 12.5. The molecule has 0 heterocycles. The zero-order valence-electron chi connectivity index (χ0n) is 15.2. The number of carbonyl (C=O) groups is 2. The van der Waals surface area contributed by atoms with Crippen LogP contribution in [0.15, 0.2) is 53.4 Å². The Hall–Kier alpha value is -2.71. The molecule has 144 valence electrons. The summed E-state index contributed by atoms with van der Waals surface area (Å²) in [5.41, 5.74) is 0.834. The molecule has 0 bridgehead atoms. The molecule has 0 atom stereocenters. The molecule has 0 radical (unpaired) electrons. The minimum atomic E-state index is -3.59. The molecule has 2 aromatic carbocycles. The van der Waals surface area contributed by atoms with Gasteiger partial charge in [-0.3, -0.25) is 4.79 Å². The number of sulfonamides is 1. The molecule has 0 unspecified atom stereocenters. The van der Waals surface area contributed by atoms with Crippen LogP contribution in [-0.4, -0.2) is 33.4 Å². The normalized spacial score (nSPS) is 11.0. The summed E-state index contributed by atoms with van der Waals surface area (Å²) in [4.78, 5) is 24.5. The number of carbonyl (C=O) groups excluding carboxylic acids is 2. The van der Waals surface area contributed by atoms with Gasteiger partial charge in [-0.05, 0) is 49.7 Å². The van der Waals surface area contributed by atoms with Gasteiger partial charge in [0.25, 0.3) is 5.91 Å². The molecule has 0 saturated heterocycles. The van der Waals surface area contributed by atoms with E-state index in [0.29, 0.717) is 18.7 Å². The maximum absolute atomic E-state index is 12.5. The molecule has 7 nitrogen and oxygen atoms in total. The van der Waals surface area contributed by atoms with Crippen molar-refractivity contribution < 1.29 is 22.7 Å². The second kappa shape index (κ2) is 9.29. The minimum absolute atomic E-state index is 0.0828. The highest BCUT2D eigenvalue weighted by Gasteiger charge is 2.17. The lowest BCUT2D eigenvalue weighted by Crippen LogP contribution is -2.24. The Morgan fingerprint density at radius 3 is 2.30 bits per heavy atom. The zero-order valence-corrected chi connectivity index (χ0v) is 16.0. The molecular formula is C19H22N2O5S. The van der Waals surface area contributed by atoms with Crippen molar-refractivity contribution in [1.82, 2.24) is 4.72 Å². The van der Waals surface area contributed by atoms with Crippen LogP contribution in [0.3, 0.4) is 0 Å². The van der Waals surface area contributed by atoms with Crippen molar-refractivity contribution in [1.29, 1.82) is 0 Å². The van der Waals surface area contributed by atoms with E-state index in [-0.39, 0.29) is 22.6 Å². The predicted molar refractivity (Wildman–Crippen MR) is 102 cm³/mol. The fourth-order valence-electron chi connectivity index (χ4n) is 2.28. The fourth-order valence-corrected chi connectivity index (χ4v) is 3.41. The topological polar surface area (TPSA) is 102 Å². The molecule has 1 amide bonds. The van der Waals surface area contributed by atoms with E-state index in [2.05, 4.69) is 10.0 Å². The molecule has 2 aromatic rings. The van der Waals surface area contributed by atoms with Crippen molar-refractivity contribution in [2.45, 2.75) is 25.2 Å². The van der Waals surface area contributed by atoms with Gasteiger partial charge in [0.2, 0.25) is 10.0 Å². The number of anilines is 1. The molecule has 2 rings (SSSR count). The molecule has 27 heavy (non-hydrogen) atoms. The molecule has 0 aliphatic carbocycles. The largest absolute Gasteiger partial charge is 0.462 e. The summed E-state index contributed by atoms with van der Waals surface area (Å²) in [6.07, 6.45) is 0.680. The number of hydrogen-bond donors (Lipinski definition) is 2. The number of amides is 1. The number of ether oxygens (including phenoxy) is 1. The van der Waals surface area contributed by atoms with Crippen LogP contribution in [0.25, 0.3) is 0 Å². The first-order chi connectivity index (χ1) is 12.9. The highest BCUT2D eigenvalue weighted by Crippen LogP contribution is 2.18. The van der Waals surface area contributed by atoms with Gasteiger partial charge in [-0.15, -0.1) is 0 Å². The third-order valence-electron chi connectivity index (χ3n) is 3.64. The Morgan fingerprint density at radius 2 is 1.67 bits per heavy atom. The average molecular weight is 390 g/mol. The molecule has 0 aliphatic heterocycles. The van der Waals surface area contributed by atoms with Gasteiger partial charge in [-0.1, -0.05) is 19.1 Å². The lowest BCUT2D eigenvalue weighted by molar-refractivity contribution is 0.0527. The third-order valence-corrected chi connectivity index (χ3v) is 5.12. The molecule has 0 saturated carbocycles. The van der Waals surface area contributed by atoms with Crippen molar-refractivity contribution in [2.24, 2.45) is 0 Å². The summed E-state index contributed by atoms with van der Waals surface area (Å²) in [6, 6.07) is 12.1. The van der Waals surface area contributed by atoms with Crippen LogP contribution in [-0.2, 0) is 14.8 Å². The predicted octanol–water partition coefficient (Wildman–Crippen LogP) is 2.80. The van der Waals surface area contributed by atoms with Crippen molar-refractivity contribution in [3.8, 4) is 0 Å². The number of esters is 1. The number of nitrogens with one attached hydrogen (secondary N) is 2. The van der Waals surface area contributed by atoms with E-state index >= 15 is 0 Å². The second-order valence-electron chi connectivity index (χ2n) is 5.64. The van der Waals surface area contributed by atoms with E-state index in [1.807, 2.05) is 6.92 Å². The SMILES string of the molecule is CCCNS(=O)(=O)c1ccc(C(=O)Nc2ccccc2C(=O)OCC)cc1. The van der Waals surface area contributed by atoms with Gasteiger partial charge in [0.15, 0.2) is 0 Å². The highest BCUT2D eigenvalue weighted by atomic mass is 32.2. The zero-order chi connectivity index (χ0) is 19.9. The number of benzene rings is 2.